The average molecular weight is 423 g/mol. The van der Waals surface area contributed by atoms with E-state index in [9.17, 15) is 0 Å². The summed E-state index contributed by atoms with van der Waals surface area (Å²) in [7, 11) is 1.64. The van der Waals surface area contributed by atoms with E-state index < -0.39 is 0 Å². The van der Waals surface area contributed by atoms with Crippen LogP contribution in [0.2, 0.25) is 0 Å². The van der Waals surface area contributed by atoms with Crippen LogP contribution in [-0.2, 0) is 42.6 Å². The quantitative estimate of drug-likeness (QED) is 0.153. The van der Waals surface area contributed by atoms with Gasteiger partial charge in [-0.3, -0.25) is 0 Å². The highest BCUT2D eigenvalue weighted by molar-refractivity contribution is 4.82. The second-order valence-electron chi connectivity index (χ2n) is 5.54. The van der Waals surface area contributed by atoms with Crippen LogP contribution < -0.4 is 0 Å². The van der Waals surface area contributed by atoms with E-state index in [1.165, 1.54) is 0 Å². The Morgan fingerprint density at radius 2 is 0.655 bits per heavy atom. The lowest BCUT2D eigenvalue weighted by atomic mass is 10.6. The van der Waals surface area contributed by atoms with Crippen molar-refractivity contribution >= 4 is 0 Å². The maximum Gasteiger partial charge on any atom is 0.107 e. The molecule has 0 N–H and O–H groups in total. The number of rotatable bonds is 25. The molecule has 0 amide bonds. The highest BCUT2D eigenvalue weighted by atomic mass is 16.6. The topological polar surface area (TPSA) is 83.1 Å². The van der Waals surface area contributed by atoms with E-state index in [4.69, 9.17) is 49.1 Å². The summed E-state index contributed by atoms with van der Waals surface area (Å²) in [6.45, 7) is 8.93. The van der Waals surface area contributed by atoms with Gasteiger partial charge in [0.1, 0.15) is 6.61 Å². The van der Waals surface area contributed by atoms with Crippen LogP contribution in [0.3, 0.4) is 0 Å². The van der Waals surface area contributed by atoms with Gasteiger partial charge in [0.2, 0.25) is 0 Å². The molecule has 0 aliphatic carbocycles. The molecule has 0 heterocycles. The van der Waals surface area contributed by atoms with E-state index in [1.807, 2.05) is 0 Å². The first-order valence-corrected chi connectivity index (χ1v) is 9.96. The Hall–Kier alpha value is -0.800. The normalized spacial score (nSPS) is 11.0. The van der Waals surface area contributed by atoms with Gasteiger partial charge in [-0.1, -0.05) is 5.92 Å². The molecule has 0 spiro atoms. The van der Waals surface area contributed by atoms with Crippen LogP contribution in [-0.4, -0.2) is 119 Å². The Kier molecular flexibility index (Phi) is 26.4. The van der Waals surface area contributed by atoms with Gasteiger partial charge in [0.25, 0.3) is 0 Å². The molecule has 9 nitrogen and oxygen atoms in total. The molecule has 0 unspecified atom stereocenters. The molecule has 0 aliphatic rings. The van der Waals surface area contributed by atoms with Crippen molar-refractivity contribution in [1.82, 2.24) is 0 Å². The monoisotopic (exact) mass is 422 g/mol. The average Bonchev–Trinajstić information content (AvgIpc) is 2.74. The van der Waals surface area contributed by atoms with Crippen LogP contribution in [0.15, 0.2) is 0 Å². The highest BCUT2D eigenvalue weighted by Crippen LogP contribution is 1.85. The largest absolute Gasteiger partial charge is 0.382 e. The van der Waals surface area contributed by atoms with Crippen molar-refractivity contribution < 1.29 is 42.6 Å². The van der Waals surface area contributed by atoms with E-state index in [0.29, 0.717) is 112 Å². The molecule has 0 rings (SSSR count). The van der Waals surface area contributed by atoms with Crippen LogP contribution in [0, 0.1) is 12.3 Å². The Bertz CT molecular complexity index is 336. The molecule has 0 bridgehead atoms. The third kappa shape index (κ3) is 27.2. The Labute approximate surface area is 175 Å². The van der Waals surface area contributed by atoms with E-state index in [0.717, 1.165) is 0 Å². The molecule has 0 aromatic carbocycles. The molecule has 0 aromatic heterocycles. The van der Waals surface area contributed by atoms with Gasteiger partial charge < -0.3 is 42.6 Å². The predicted molar refractivity (Wildman–Crippen MR) is 107 cm³/mol. The minimum Gasteiger partial charge on any atom is -0.382 e. The first-order valence-electron chi connectivity index (χ1n) is 9.96. The van der Waals surface area contributed by atoms with Crippen LogP contribution in [0.1, 0.15) is 0 Å². The van der Waals surface area contributed by atoms with Crippen molar-refractivity contribution in [2.45, 2.75) is 0 Å². The number of hydrogen-bond acceptors (Lipinski definition) is 9. The van der Waals surface area contributed by atoms with E-state index in [2.05, 4.69) is 5.92 Å². The van der Waals surface area contributed by atoms with Gasteiger partial charge in [0.05, 0.1) is 106 Å². The van der Waals surface area contributed by atoms with Crippen molar-refractivity contribution in [1.29, 1.82) is 0 Å². The summed E-state index contributed by atoms with van der Waals surface area (Å²) in [5, 5.41) is 0. The van der Waals surface area contributed by atoms with Crippen molar-refractivity contribution in [3.8, 4) is 12.3 Å². The zero-order valence-electron chi connectivity index (χ0n) is 17.8. The second kappa shape index (κ2) is 27.2. The number of hydrogen-bond donors (Lipinski definition) is 0. The second-order valence-corrected chi connectivity index (χ2v) is 5.54. The Morgan fingerprint density at radius 1 is 0.414 bits per heavy atom. The molecule has 0 radical (unpaired) electrons. The molecule has 172 valence electrons. The molecule has 0 aromatic rings. The van der Waals surface area contributed by atoms with Crippen LogP contribution in [0.4, 0.5) is 0 Å². The maximum absolute atomic E-state index is 5.41. The van der Waals surface area contributed by atoms with Gasteiger partial charge in [-0.05, 0) is 0 Å². The third-order valence-electron chi connectivity index (χ3n) is 3.22. The van der Waals surface area contributed by atoms with Gasteiger partial charge in [0.15, 0.2) is 0 Å². The zero-order chi connectivity index (χ0) is 21.1. The fraction of sp³-hybridized carbons (Fsp3) is 0.900. The molecular weight excluding hydrogens is 384 g/mol. The van der Waals surface area contributed by atoms with Crippen molar-refractivity contribution in [3.05, 3.63) is 0 Å². The van der Waals surface area contributed by atoms with E-state index >= 15 is 0 Å². The van der Waals surface area contributed by atoms with Gasteiger partial charge in [-0.25, -0.2) is 0 Å². The van der Waals surface area contributed by atoms with Crippen LogP contribution in [0.5, 0.6) is 0 Å². The van der Waals surface area contributed by atoms with Gasteiger partial charge in [-0.2, -0.15) is 0 Å². The smallest absolute Gasteiger partial charge is 0.107 e. The minimum atomic E-state index is 0.315. The third-order valence-corrected chi connectivity index (χ3v) is 3.22. The first kappa shape index (κ1) is 28.2. The lowest BCUT2D eigenvalue weighted by Crippen LogP contribution is -2.15. The molecule has 9 heteroatoms. The van der Waals surface area contributed by atoms with Crippen LogP contribution >= 0.6 is 0 Å². The van der Waals surface area contributed by atoms with Crippen molar-refractivity contribution in [2.24, 2.45) is 0 Å². The van der Waals surface area contributed by atoms with Crippen molar-refractivity contribution in [2.75, 3.05) is 119 Å². The standard InChI is InChI=1S/C20H38O9/c1-3-4-22-7-8-24-11-12-26-15-16-28-19-20-29-18-17-27-14-13-25-10-9-23-6-5-21-2/h1H,4-20H2,2H3. The van der Waals surface area contributed by atoms with Crippen molar-refractivity contribution in [3.63, 3.8) is 0 Å². The molecule has 0 saturated heterocycles. The zero-order valence-corrected chi connectivity index (χ0v) is 17.8. The summed E-state index contributed by atoms with van der Waals surface area (Å²) in [4.78, 5) is 0. The maximum atomic E-state index is 5.41. The van der Waals surface area contributed by atoms with E-state index in [-0.39, 0.29) is 0 Å². The molecule has 0 fully saturated rings. The Balaban J connectivity index is 2.98. The molecule has 29 heavy (non-hydrogen) atoms. The summed E-state index contributed by atoms with van der Waals surface area (Å²) in [5.74, 6) is 2.39. The fourth-order valence-corrected chi connectivity index (χ4v) is 1.81. The lowest BCUT2D eigenvalue weighted by molar-refractivity contribution is -0.0238. The number of methoxy groups -OCH3 is 1. The van der Waals surface area contributed by atoms with E-state index in [1.54, 1.807) is 7.11 Å². The van der Waals surface area contributed by atoms with Crippen LogP contribution in [0.25, 0.3) is 0 Å². The lowest BCUT2D eigenvalue weighted by Gasteiger charge is -2.08. The fourth-order valence-electron chi connectivity index (χ4n) is 1.81. The van der Waals surface area contributed by atoms with Gasteiger partial charge in [0, 0.05) is 7.11 Å². The molecule has 0 saturated carbocycles. The summed E-state index contributed by atoms with van der Waals surface area (Å²) in [5.41, 5.74) is 0. The molecular formula is C20H38O9. The summed E-state index contributed by atoms with van der Waals surface area (Å²) in [6, 6.07) is 0. The number of ether oxygens (including phenoxy) is 9. The first-order chi connectivity index (χ1) is 14.4. The molecule has 0 aliphatic heterocycles. The minimum absolute atomic E-state index is 0.315. The Morgan fingerprint density at radius 3 is 0.897 bits per heavy atom. The summed E-state index contributed by atoms with van der Waals surface area (Å²) >= 11 is 0. The number of terminal acetylenes is 1. The predicted octanol–water partition coefficient (Wildman–Crippen LogP) is 0.399. The summed E-state index contributed by atoms with van der Waals surface area (Å²) in [6.07, 6.45) is 5.06. The summed E-state index contributed by atoms with van der Waals surface area (Å²) < 4.78 is 47.5. The SMILES string of the molecule is C#CCOCCOCCOCCOCCOCCOCCOCCOCCOC. The van der Waals surface area contributed by atoms with Gasteiger partial charge >= 0.3 is 0 Å². The molecule has 0 atom stereocenters. The highest BCUT2D eigenvalue weighted by Gasteiger charge is 1.95. The van der Waals surface area contributed by atoms with Gasteiger partial charge in [-0.15, -0.1) is 6.42 Å².